The van der Waals surface area contributed by atoms with Crippen LogP contribution in [0.15, 0.2) is 58.8 Å². The second-order valence-corrected chi connectivity index (χ2v) is 11.1. The second-order valence-electron chi connectivity index (χ2n) is 6.96. The number of rotatable bonds is 7. The molecule has 0 aliphatic rings. The number of fused-ring (bicyclic) bond motifs is 1. The fourth-order valence-corrected chi connectivity index (χ4v) is 5.07. The van der Waals surface area contributed by atoms with Gasteiger partial charge in [-0.25, -0.2) is 18.4 Å². The Kier molecular flexibility index (Phi) is 6.35. The molecule has 32 heavy (non-hydrogen) atoms. The molecule has 4 aromatic rings. The standard InChI is InChI=1S/C22H19N3O4S3/c1-14-23-16(13-30-14)12-29-17-5-3-4-15(10-17)6-9-21(26)25-22-24-19-8-7-18(32(2,27)28)11-20(19)31-22/h3-11,13H,12H2,1-2H3,(H,24,25,26). The van der Waals surface area contributed by atoms with Gasteiger partial charge >= 0.3 is 0 Å². The van der Waals surface area contributed by atoms with Gasteiger partial charge in [-0.05, 0) is 48.9 Å². The van der Waals surface area contributed by atoms with Crippen molar-refractivity contribution >= 4 is 59.8 Å². The van der Waals surface area contributed by atoms with Crippen LogP contribution < -0.4 is 10.1 Å². The van der Waals surface area contributed by atoms with E-state index < -0.39 is 9.84 Å². The molecular weight excluding hydrogens is 466 g/mol. The summed E-state index contributed by atoms with van der Waals surface area (Å²) in [6, 6.07) is 12.1. The van der Waals surface area contributed by atoms with Crippen LogP contribution in [0.5, 0.6) is 5.75 Å². The van der Waals surface area contributed by atoms with Crippen molar-refractivity contribution in [2.24, 2.45) is 0 Å². The van der Waals surface area contributed by atoms with Crippen molar-refractivity contribution in [3.8, 4) is 5.75 Å². The highest BCUT2D eigenvalue weighted by molar-refractivity contribution is 7.90. The fraction of sp³-hybridized carbons (Fsp3) is 0.136. The Morgan fingerprint density at radius 2 is 2.03 bits per heavy atom. The van der Waals surface area contributed by atoms with Crippen molar-refractivity contribution in [3.05, 3.63) is 70.2 Å². The minimum atomic E-state index is -3.30. The number of nitrogens with one attached hydrogen (secondary N) is 1. The van der Waals surface area contributed by atoms with Crippen LogP contribution in [0.1, 0.15) is 16.3 Å². The van der Waals surface area contributed by atoms with Crippen LogP contribution >= 0.6 is 22.7 Å². The molecule has 0 aliphatic carbocycles. The first-order chi connectivity index (χ1) is 15.3. The van der Waals surface area contributed by atoms with Gasteiger partial charge in [0.1, 0.15) is 12.4 Å². The Balaban J connectivity index is 1.40. The highest BCUT2D eigenvalue weighted by Gasteiger charge is 2.11. The maximum Gasteiger partial charge on any atom is 0.250 e. The molecule has 2 aromatic carbocycles. The van der Waals surface area contributed by atoms with E-state index in [4.69, 9.17) is 4.74 Å². The molecule has 0 atom stereocenters. The van der Waals surface area contributed by atoms with E-state index in [1.165, 1.54) is 23.5 Å². The molecule has 0 bridgehead atoms. The zero-order valence-electron chi connectivity index (χ0n) is 17.2. The largest absolute Gasteiger partial charge is 0.487 e. The number of anilines is 1. The van der Waals surface area contributed by atoms with Crippen molar-refractivity contribution in [1.82, 2.24) is 9.97 Å². The third-order valence-corrected chi connectivity index (χ3v) is 7.22. The minimum absolute atomic E-state index is 0.221. The maximum absolute atomic E-state index is 12.3. The van der Waals surface area contributed by atoms with Gasteiger partial charge in [0.2, 0.25) is 5.91 Å². The molecule has 164 valence electrons. The number of ether oxygens (including phenoxy) is 1. The molecule has 0 unspecified atom stereocenters. The highest BCUT2D eigenvalue weighted by atomic mass is 32.2. The summed E-state index contributed by atoms with van der Waals surface area (Å²) in [5, 5.41) is 6.08. The Bertz CT molecular complexity index is 1420. The smallest absolute Gasteiger partial charge is 0.250 e. The summed E-state index contributed by atoms with van der Waals surface area (Å²) in [6.45, 7) is 2.34. The lowest BCUT2D eigenvalue weighted by Crippen LogP contribution is -2.07. The topological polar surface area (TPSA) is 98.2 Å². The lowest BCUT2D eigenvalue weighted by molar-refractivity contribution is -0.111. The predicted molar refractivity (Wildman–Crippen MR) is 128 cm³/mol. The molecule has 7 nitrogen and oxygen atoms in total. The van der Waals surface area contributed by atoms with Crippen LogP contribution in [-0.4, -0.2) is 30.5 Å². The van der Waals surface area contributed by atoms with Crippen LogP contribution in [0.4, 0.5) is 5.13 Å². The number of aromatic nitrogens is 2. The van der Waals surface area contributed by atoms with Gasteiger partial charge in [0.05, 0.1) is 25.8 Å². The van der Waals surface area contributed by atoms with E-state index in [2.05, 4.69) is 15.3 Å². The van der Waals surface area contributed by atoms with E-state index in [0.29, 0.717) is 27.7 Å². The molecule has 2 heterocycles. The number of carbonyl (C=O) groups is 1. The first kappa shape index (κ1) is 22.1. The van der Waals surface area contributed by atoms with Gasteiger partial charge in [0, 0.05) is 17.7 Å². The van der Waals surface area contributed by atoms with Gasteiger partial charge in [-0.1, -0.05) is 23.5 Å². The summed E-state index contributed by atoms with van der Waals surface area (Å²) in [7, 11) is -3.30. The Labute approximate surface area is 193 Å². The van der Waals surface area contributed by atoms with Crippen LogP contribution in [0.2, 0.25) is 0 Å². The average Bonchev–Trinajstić information content (AvgIpc) is 3.35. The molecule has 0 saturated heterocycles. The van der Waals surface area contributed by atoms with Crippen LogP contribution in [0, 0.1) is 6.92 Å². The predicted octanol–water partition coefficient (Wildman–Crippen LogP) is 4.70. The summed E-state index contributed by atoms with van der Waals surface area (Å²) in [5.74, 6) is 0.350. The van der Waals surface area contributed by atoms with Gasteiger partial charge in [-0.3, -0.25) is 10.1 Å². The summed E-state index contributed by atoms with van der Waals surface area (Å²) < 4.78 is 29.9. The van der Waals surface area contributed by atoms with Crippen molar-refractivity contribution in [2.75, 3.05) is 11.6 Å². The number of aryl methyl sites for hydroxylation is 1. The second kappa shape index (κ2) is 9.19. The SMILES string of the molecule is Cc1nc(COc2cccc(C=CC(=O)Nc3nc4ccc(S(C)(=O)=O)cc4s3)c2)cs1. The summed E-state index contributed by atoms with van der Waals surface area (Å²) in [6.07, 6.45) is 4.25. The third kappa shape index (κ3) is 5.58. The number of hydrogen-bond donors (Lipinski definition) is 1. The van der Waals surface area contributed by atoms with E-state index in [9.17, 15) is 13.2 Å². The zero-order chi connectivity index (χ0) is 22.7. The Morgan fingerprint density at radius 1 is 1.19 bits per heavy atom. The molecule has 2 aromatic heterocycles. The first-order valence-electron chi connectivity index (χ1n) is 9.50. The normalized spacial score (nSPS) is 11.8. The lowest BCUT2D eigenvalue weighted by atomic mass is 10.2. The van der Waals surface area contributed by atoms with Crippen LogP contribution in [0.25, 0.3) is 16.3 Å². The molecule has 4 rings (SSSR count). The van der Waals surface area contributed by atoms with Crippen molar-refractivity contribution in [3.63, 3.8) is 0 Å². The van der Waals surface area contributed by atoms with Gasteiger partial charge in [0.15, 0.2) is 15.0 Å². The zero-order valence-corrected chi connectivity index (χ0v) is 19.7. The molecule has 0 spiro atoms. The van der Waals surface area contributed by atoms with Crippen molar-refractivity contribution < 1.29 is 17.9 Å². The number of thiazole rings is 2. The van der Waals surface area contributed by atoms with Gasteiger partial charge < -0.3 is 4.74 Å². The Hall–Kier alpha value is -3.08. The van der Waals surface area contributed by atoms with E-state index in [1.807, 2.05) is 36.6 Å². The Morgan fingerprint density at radius 3 is 2.78 bits per heavy atom. The third-order valence-electron chi connectivity index (χ3n) is 4.36. The van der Waals surface area contributed by atoms with E-state index in [0.717, 1.165) is 22.5 Å². The molecule has 0 saturated carbocycles. The monoisotopic (exact) mass is 485 g/mol. The molecule has 1 amide bonds. The summed E-state index contributed by atoms with van der Waals surface area (Å²) >= 11 is 2.80. The van der Waals surface area contributed by atoms with Crippen LogP contribution in [-0.2, 0) is 21.2 Å². The highest BCUT2D eigenvalue weighted by Crippen LogP contribution is 2.28. The first-order valence-corrected chi connectivity index (χ1v) is 13.1. The van der Waals surface area contributed by atoms with Crippen molar-refractivity contribution in [1.29, 1.82) is 0 Å². The molecule has 0 fully saturated rings. The van der Waals surface area contributed by atoms with Crippen molar-refractivity contribution in [2.45, 2.75) is 18.4 Å². The average molecular weight is 486 g/mol. The van der Waals surface area contributed by atoms with Gasteiger partial charge in [0.25, 0.3) is 0 Å². The number of hydrogen-bond acceptors (Lipinski definition) is 8. The molecule has 0 aliphatic heterocycles. The number of nitrogens with zero attached hydrogens (tertiary/aromatic N) is 2. The van der Waals surface area contributed by atoms with Gasteiger partial charge in [-0.2, -0.15) is 0 Å². The van der Waals surface area contributed by atoms with E-state index in [-0.39, 0.29) is 10.8 Å². The summed E-state index contributed by atoms with van der Waals surface area (Å²) in [5.41, 5.74) is 2.32. The molecule has 0 radical (unpaired) electrons. The number of carbonyl (C=O) groups excluding carboxylic acids is 1. The molecular formula is C22H19N3O4S3. The number of benzene rings is 2. The van der Waals surface area contributed by atoms with Gasteiger partial charge in [-0.15, -0.1) is 11.3 Å². The minimum Gasteiger partial charge on any atom is -0.487 e. The van der Waals surface area contributed by atoms with Crippen LogP contribution in [0.3, 0.4) is 0 Å². The molecule has 1 N–H and O–H groups in total. The van der Waals surface area contributed by atoms with E-state index in [1.54, 1.807) is 29.5 Å². The summed E-state index contributed by atoms with van der Waals surface area (Å²) in [4.78, 5) is 21.2. The maximum atomic E-state index is 12.3. The lowest BCUT2D eigenvalue weighted by Gasteiger charge is -2.05. The number of amides is 1. The fourth-order valence-electron chi connectivity index (χ4n) is 2.85. The quantitative estimate of drug-likeness (QED) is 0.381. The number of sulfone groups is 1. The van der Waals surface area contributed by atoms with E-state index >= 15 is 0 Å². The molecule has 10 heteroatoms.